The first kappa shape index (κ1) is 11.2. The zero-order valence-electron chi connectivity index (χ0n) is 9.36. The minimum Gasteiger partial charge on any atom is -0.490 e. The number of amides is 2. The number of imide groups is 1. The van der Waals surface area contributed by atoms with Crippen LogP contribution in [0.4, 0.5) is 10.5 Å². The molecule has 1 saturated heterocycles. The van der Waals surface area contributed by atoms with Gasteiger partial charge in [-0.1, -0.05) is 6.07 Å². The van der Waals surface area contributed by atoms with Gasteiger partial charge in [-0.05, 0) is 35.5 Å². The van der Waals surface area contributed by atoms with Crippen molar-refractivity contribution in [1.29, 1.82) is 0 Å². The molecular formula is C12H10N2O3S. The van der Waals surface area contributed by atoms with E-state index in [9.17, 15) is 9.59 Å². The summed E-state index contributed by atoms with van der Waals surface area (Å²) < 4.78 is 5.46. The van der Waals surface area contributed by atoms with Gasteiger partial charge in [0.2, 0.25) is 0 Å². The summed E-state index contributed by atoms with van der Waals surface area (Å²) in [7, 11) is 0. The molecule has 2 N–H and O–H groups in total. The van der Waals surface area contributed by atoms with Crippen molar-refractivity contribution in [2.45, 2.75) is 0 Å². The van der Waals surface area contributed by atoms with Crippen molar-refractivity contribution in [3.05, 3.63) is 28.7 Å². The Morgan fingerprint density at radius 1 is 1.33 bits per heavy atom. The van der Waals surface area contributed by atoms with Crippen molar-refractivity contribution >= 4 is 34.7 Å². The van der Waals surface area contributed by atoms with Crippen LogP contribution >= 0.6 is 11.8 Å². The van der Waals surface area contributed by atoms with Gasteiger partial charge in [0.05, 0.1) is 10.6 Å². The van der Waals surface area contributed by atoms with Crippen LogP contribution in [0.5, 0.6) is 5.75 Å². The maximum absolute atomic E-state index is 11.4. The molecule has 2 aliphatic rings. The predicted octanol–water partition coefficient (Wildman–Crippen LogP) is 1.81. The molecule has 2 amide bonds. The van der Waals surface area contributed by atoms with Crippen LogP contribution in [-0.2, 0) is 4.79 Å². The summed E-state index contributed by atoms with van der Waals surface area (Å²) in [5.74, 6) is 0.468. The average molecular weight is 262 g/mol. The zero-order chi connectivity index (χ0) is 12.5. The van der Waals surface area contributed by atoms with E-state index in [1.807, 2.05) is 18.2 Å². The van der Waals surface area contributed by atoms with Gasteiger partial charge in [-0.25, -0.2) is 0 Å². The van der Waals surface area contributed by atoms with Crippen molar-refractivity contribution in [1.82, 2.24) is 5.32 Å². The molecule has 1 aromatic rings. The predicted molar refractivity (Wildman–Crippen MR) is 69.5 cm³/mol. The lowest BCUT2D eigenvalue weighted by Crippen LogP contribution is -2.18. The molecule has 0 aliphatic carbocycles. The van der Waals surface area contributed by atoms with E-state index in [1.165, 1.54) is 0 Å². The molecule has 1 fully saturated rings. The number of ether oxygens (including phenoxy) is 1. The minimum atomic E-state index is -0.341. The smallest absolute Gasteiger partial charge is 0.290 e. The Kier molecular flexibility index (Phi) is 2.71. The Morgan fingerprint density at radius 2 is 2.22 bits per heavy atom. The molecule has 0 aromatic heterocycles. The van der Waals surface area contributed by atoms with E-state index in [0.717, 1.165) is 35.3 Å². The summed E-state index contributed by atoms with van der Waals surface area (Å²) in [6.45, 7) is 1.42. The number of nitrogens with one attached hydrogen (secondary N) is 2. The van der Waals surface area contributed by atoms with Crippen molar-refractivity contribution in [2.24, 2.45) is 0 Å². The molecule has 0 radical (unpaired) electrons. The van der Waals surface area contributed by atoms with Gasteiger partial charge in [-0.3, -0.25) is 14.9 Å². The number of carbonyl (C=O) groups is 2. The third-order valence-corrected chi connectivity index (χ3v) is 3.43. The fourth-order valence-corrected chi connectivity index (χ4v) is 2.50. The third-order valence-electron chi connectivity index (χ3n) is 2.62. The molecule has 1 aromatic carbocycles. The number of thioether (sulfide) groups is 1. The molecule has 0 saturated carbocycles. The zero-order valence-corrected chi connectivity index (χ0v) is 10.2. The molecular weight excluding hydrogens is 252 g/mol. The van der Waals surface area contributed by atoms with E-state index >= 15 is 0 Å². The fraction of sp³-hybridized carbons (Fsp3) is 0.167. The maximum atomic E-state index is 11.4. The highest BCUT2D eigenvalue weighted by atomic mass is 32.2. The highest BCUT2D eigenvalue weighted by molar-refractivity contribution is 8.18. The number of anilines is 1. The largest absolute Gasteiger partial charge is 0.490 e. The highest BCUT2D eigenvalue weighted by Crippen LogP contribution is 2.31. The summed E-state index contributed by atoms with van der Waals surface area (Å²) in [6.07, 6.45) is 1.70. The average Bonchev–Trinajstić information content (AvgIpc) is 2.68. The summed E-state index contributed by atoms with van der Waals surface area (Å²) in [5, 5.41) is 5.12. The van der Waals surface area contributed by atoms with Crippen LogP contribution < -0.4 is 15.4 Å². The van der Waals surface area contributed by atoms with Crippen LogP contribution in [0.3, 0.4) is 0 Å². The normalized spacial score (nSPS) is 20.1. The Labute approximate surface area is 108 Å². The summed E-state index contributed by atoms with van der Waals surface area (Å²) in [6, 6.07) is 5.61. The quantitative estimate of drug-likeness (QED) is 0.756. The molecule has 3 rings (SSSR count). The molecule has 2 aliphatic heterocycles. The SMILES string of the molecule is O=C1NC(=O)/C(=C/c2ccc3c(c2)NCCO3)S1. The van der Waals surface area contributed by atoms with Gasteiger partial charge in [0.25, 0.3) is 11.1 Å². The van der Waals surface area contributed by atoms with E-state index in [-0.39, 0.29) is 11.1 Å². The third kappa shape index (κ3) is 2.06. The first-order valence-corrected chi connectivity index (χ1v) is 6.29. The lowest BCUT2D eigenvalue weighted by molar-refractivity contribution is -0.115. The molecule has 0 bridgehead atoms. The van der Waals surface area contributed by atoms with E-state index in [4.69, 9.17) is 4.74 Å². The van der Waals surface area contributed by atoms with Gasteiger partial charge in [0, 0.05) is 6.54 Å². The van der Waals surface area contributed by atoms with Crippen LogP contribution in [0, 0.1) is 0 Å². The van der Waals surface area contributed by atoms with Crippen molar-refractivity contribution in [3.63, 3.8) is 0 Å². The maximum Gasteiger partial charge on any atom is 0.290 e. The molecule has 2 heterocycles. The molecule has 0 spiro atoms. The van der Waals surface area contributed by atoms with Crippen molar-refractivity contribution < 1.29 is 14.3 Å². The van der Waals surface area contributed by atoms with Gasteiger partial charge in [0.15, 0.2) is 0 Å². The Bertz CT molecular complexity index is 568. The number of carbonyl (C=O) groups excluding carboxylic acids is 2. The van der Waals surface area contributed by atoms with Crippen molar-refractivity contribution in [2.75, 3.05) is 18.5 Å². The number of hydrogen-bond donors (Lipinski definition) is 2. The highest BCUT2D eigenvalue weighted by Gasteiger charge is 2.25. The van der Waals surface area contributed by atoms with E-state index in [0.29, 0.717) is 11.5 Å². The molecule has 18 heavy (non-hydrogen) atoms. The first-order chi connectivity index (χ1) is 8.72. The number of rotatable bonds is 1. The van der Waals surface area contributed by atoms with Gasteiger partial charge in [0.1, 0.15) is 12.4 Å². The number of hydrogen-bond acceptors (Lipinski definition) is 5. The van der Waals surface area contributed by atoms with Gasteiger partial charge >= 0.3 is 0 Å². The Hall–Kier alpha value is -1.95. The van der Waals surface area contributed by atoms with Crippen LogP contribution in [0.1, 0.15) is 5.56 Å². The second-order valence-electron chi connectivity index (χ2n) is 3.88. The van der Waals surface area contributed by atoms with Gasteiger partial charge in [-0.2, -0.15) is 0 Å². The van der Waals surface area contributed by atoms with Crippen LogP contribution in [-0.4, -0.2) is 24.3 Å². The van der Waals surface area contributed by atoms with Gasteiger partial charge < -0.3 is 10.1 Å². The van der Waals surface area contributed by atoms with E-state index < -0.39 is 0 Å². The Balaban J connectivity index is 1.91. The second kappa shape index (κ2) is 4.38. The number of benzene rings is 1. The summed E-state index contributed by atoms with van der Waals surface area (Å²) >= 11 is 0.916. The van der Waals surface area contributed by atoms with Gasteiger partial charge in [-0.15, -0.1) is 0 Å². The second-order valence-corrected chi connectivity index (χ2v) is 4.90. The summed E-state index contributed by atoms with van der Waals surface area (Å²) in [4.78, 5) is 22.9. The lowest BCUT2D eigenvalue weighted by Gasteiger charge is -2.19. The number of fused-ring (bicyclic) bond motifs is 1. The Morgan fingerprint density at radius 3 is 3.00 bits per heavy atom. The standard InChI is InChI=1S/C12H10N2O3S/c15-11-10(18-12(16)14-11)6-7-1-2-9-8(5-7)13-3-4-17-9/h1-2,5-6,13H,3-4H2,(H,14,15,16)/b10-6-. The molecule has 92 valence electrons. The molecule has 0 atom stereocenters. The lowest BCUT2D eigenvalue weighted by atomic mass is 10.1. The van der Waals surface area contributed by atoms with Crippen LogP contribution in [0.15, 0.2) is 23.1 Å². The van der Waals surface area contributed by atoms with E-state index in [1.54, 1.807) is 6.08 Å². The molecule has 6 heteroatoms. The summed E-state index contributed by atoms with van der Waals surface area (Å²) in [5.41, 5.74) is 1.77. The topological polar surface area (TPSA) is 67.4 Å². The monoisotopic (exact) mass is 262 g/mol. The van der Waals surface area contributed by atoms with Crippen LogP contribution in [0.25, 0.3) is 6.08 Å². The first-order valence-electron chi connectivity index (χ1n) is 5.48. The fourth-order valence-electron chi connectivity index (χ4n) is 1.82. The minimum absolute atomic E-state index is 0.328. The molecule has 0 unspecified atom stereocenters. The molecule has 5 nitrogen and oxygen atoms in total. The van der Waals surface area contributed by atoms with Crippen molar-refractivity contribution in [3.8, 4) is 5.75 Å². The van der Waals surface area contributed by atoms with Crippen LogP contribution in [0.2, 0.25) is 0 Å². The van der Waals surface area contributed by atoms with E-state index in [2.05, 4.69) is 10.6 Å².